The lowest BCUT2D eigenvalue weighted by molar-refractivity contribution is 0.0870. The average Bonchev–Trinajstić information content (AvgIpc) is 2.57. The van der Waals surface area contributed by atoms with E-state index >= 15 is 0 Å². The van der Waals surface area contributed by atoms with Gasteiger partial charge in [0.25, 0.3) is 0 Å². The lowest BCUT2D eigenvalue weighted by atomic mass is 10.1. The van der Waals surface area contributed by atoms with Gasteiger partial charge in [-0.15, -0.1) is 0 Å². The first-order chi connectivity index (χ1) is 11.2. The second kappa shape index (κ2) is 6.91. The van der Waals surface area contributed by atoms with E-state index in [0.29, 0.717) is 37.6 Å². The minimum Gasteiger partial charge on any atom is -0.474 e. The summed E-state index contributed by atoms with van der Waals surface area (Å²) in [5, 5.41) is 12.1. The van der Waals surface area contributed by atoms with Crippen molar-refractivity contribution in [3.8, 4) is 5.88 Å². The molecule has 1 aliphatic heterocycles. The second-order valence-corrected chi connectivity index (χ2v) is 5.20. The number of pyridine rings is 1. The minimum atomic E-state index is -0.881. The number of likely N-dealkylation sites (tertiary alicyclic amines) is 1. The number of piperidine rings is 1. The van der Waals surface area contributed by atoms with E-state index in [1.807, 2.05) is 12.1 Å². The van der Waals surface area contributed by atoms with Crippen LogP contribution in [0.1, 0.15) is 12.8 Å². The van der Waals surface area contributed by atoms with Crippen LogP contribution in [-0.2, 0) is 0 Å². The standard InChI is InChI=1S/C15H17N5O3/c21-15(22)20-6-3-12(4-7-20)23-14-8-13(17-10-18-14)19-11-2-1-5-16-9-11/h1-2,5,8-10,12H,3-4,6-7H2,(H,21,22)(H,17,18,19). The number of nitrogens with one attached hydrogen (secondary N) is 1. The van der Waals surface area contributed by atoms with Crippen molar-refractivity contribution in [3.05, 3.63) is 36.9 Å². The van der Waals surface area contributed by atoms with Gasteiger partial charge in [-0.2, -0.15) is 0 Å². The first-order valence-corrected chi connectivity index (χ1v) is 7.34. The Morgan fingerprint density at radius 1 is 1.35 bits per heavy atom. The van der Waals surface area contributed by atoms with Gasteiger partial charge < -0.3 is 20.1 Å². The zero-order chi connectivity index (χ0) is 16.1. The summed E-state index contributed by atoms with van der Waals surface area (Å²) in [6.45, 7) is 0.956. The molecule has 2 aromatic heterocycles. The second-order valence-electron chi connectivity index (χ2n) is 5.20. The molecule has 3 rings (SSSR count). The van der Waals surface area contributed by atoms with Crippen LogP contribution in [0.3, 0.4) is 0 Å². The molecule has 0 aromatic carbocycles. The van der Waals surface area contributed by atoms with E-state index in [1.54, 1.807) is 18.5 Å². The first kappa shape index (κ1) is 15.0. The lowest BCUT2D eigenvalue weighted by Gasteiger charge is -2.29. The normalized spacial score (nSPS) is 15.2. The Bertz CT molecular complexity index is 659. The van der Waals surface area contributed by atoms with E-state index in [9.17, 15) is 4.79 Å². The Morgan fingerprint density at radius 3 is 2.87 bits per heavy atom. The number of carbonyl (C=O) groups is 1. The molecule has 3 heterocycles. The molecule has 1 amide bonds. The molecule has 8 nitrogen and oxygen atoms in total. The summed E-state index contributed by atoms with van der Waals surface area (Å²) in [6.07, 6.45) is 5.22. The molecule has 23 heavy (non-hydrogen) atoms. The van der Waals surface area contributed by atoms with Crippen LogP contribution in [0.15, 0.2) is 36.9 Å². The van der Waals surface area contributed by atoms with Gasteiger partial charge in [0.15, 0.2) is 0 Å². The fraction of sp³-hybridized carbons (Fsp3) is 0.333. The Morgan fingerprint density at radius 2 is 2.17 bits per heavy atom. The molecule has 1 aliphatic rings. The van der Waals surface area contributed by atoms with E-state index in [4.69, 9.17) is 9.84 Å². The summed E-state index contributed by atoms with van der Waals surface area (Å²) in [4.78, 5) is 24.6. The maximum Gasteiger partial charge on any atom is 0.407 e. The van der Waals surface area contributed by atoms with Crippen molar-refractivity contribution in [2.75, 3.05) is 18.4 Å². The van der Waals surface area contributed by atoms with Gasteiger partial charge in [-0.05, 0) is 12.1 Å². The average molecular weight is 315 g/mol. The number of hydrogen-bond donors (Lipinski definition) is 2. The molecule has 1 saturated heterocycles. The Balaban J connectivity index is 1.59. The van der Waals surface area contributed by atoms with Crippen LogP contribution in [0, 0.1) is 0 Å². The smallest absolute Gasteiger partial charge is 0.407 e. The molecular formula is C15H17N5O3. The van der Waals surface area contributed by atoms with Gasteiger partial charge in [0.05, 0.1) is 11.9 Å². The van der Waals surface area contributed by atoms with Crippen LogP contribution in [0.2, 0.25) is 0 Å². The van der Waals surface area contributed by atoms with Crippen LogP contribution >= 0.6 is 0 Å². The molecule has 0 radical (unpaired) electrons. The van der Waals surface area contributed by atoms with Crippen LogP contribution < -0.4 is 10.1 Å². The van der Waals surface area contributed by atoms with Crippen molar-refractivity contribution < 1.29 is 14.6 Å². The number of amides is 1. The van der Waals surface area contributed by atoms with Crippen LogP contribution in [0.5, 0.6) is 5.88 Å². The first-order valence-electron chi connectivity index (χ1n) is 7.34. The predicted octanol–water partition coefficient (Wildman–Crippen LogP) is 2.14. The molecule has 0 spiro atoms. The number of nitrogens with zero attached hydrogens (tertiary/aromatic N) is 4. The number of rotatable bonds is 4. The molecule has 8 heteroatoms. The zero-order valence-electron chi connectivity index (χ0n) is 12.4. The zero-order valence-corrected chi connectivity index (χ0v) is 12.4. The number of anilines is 2. The van der Waals surface area contributed by atoms with E-state index in [2.05, 4.69) is 20.3 Å². The van der Waals surface area contributed by atoms with Crippen molar-refractivity contribution in [3.63, 3.8) is 0 Å². The van der Waals surface area contributed by atoms with Crippen LogP contribution in [0.25, 0.3) is 0 Å². The summed E-state index contributed by atoms with van der Waals surface area (Å²) < 4.78 is 5.84. The van der Waals surface area contributed by atoms with Crippen molar-refractivity contribution >= 4 is 17.6 Å². The molecular weight excluding hydrogens is 298 g/mol. The van der Waals surface area contributed by atoms with Gasteiger partial charge in [0.2, 0.25) is 5.88 Å². The molecule has 0 aliphatic carbocycles. The molecule has 0 atom stereocenters. The van der Waals surface area contributed by atoms with Crippen molar-refractivity contribution in [2.45, 2.75) is 18.9 Å². The van der Waals surface area contributed by atoms with E-state index < -0.39 is 6.09 Å². The highest BCUT2D eigenvalue weighted by atomic mass is 16.5. The number of ether oxygens (including phenoxy) is 1. The quantitative estimate of drug-likeness (QED) is 0.891. The van der Waals surface area contributed by atoms with Crippen LogP contribution in [0.4, 0.5) is 16.3 Å². The highest BCUT2D eigenvalue weighted by Crippen LogP contribution is 2.20. The largest absolute Gasteiger partial charge is 0.474 e. The Kier molecular flexibility index (Phi) is 4.51. The maximum atomic E-state index is 10.9. The van der Waals surface area contributed by atoms with E-state index in [-0.39, 0.29) is 6.10 Å². The molecule has 2 N–H and O–H groups in total. The van der Waals surface area contributed by atoms with Gasteiger partial charge in [0.1, 0.15) is 18.2 Å². The maximum absolute atomic E-state index is 10.9. The highest BCUT2D eigenvalue weighted by Gasteiger charge is 2.23. The third kappa shape index (κ3) is 4.06. The van der Waals surface area contributed by atoms with Gasteiger partial charge >= 0.3 is 6.09 Å². The summed E-state index contributed by atoms with van der Waals surface area (Å²) in [5.41, 5.74) is 0.826. The predicted molar refractivity (Wildman–Crippen MR) is 82.8 cm³/mol. The van der Waals surface area contributed by atoms with Crippen molar-refractivity contribution in [1.82, 2.24) is 19.9 Å². The third-order valence-corrected chi connectivity index (χ3v) is 3.58. The summed E-state index contributed by atoms with van der Waals surface area (Å²) in [7, 11) is 0. The number of hydrogen-bond acceptors (Lipinski definition) is 6. The third-order valence-electron chi connectivity index (χ3n) is 3.58. The monoisotopic (exact) mass is 315 g/mol. The van der Waals surface area contributed by atoms with Crippen LogP contribution in [-0.4, -0.2) is 50.2 Å². The van der Waals surface area contributed by atoms with Gasteiger partial charge in [0, 0.05) is 38.2 Å². The van der Waals surface area contributed by atoms with Gasteiger partial charge in [-0.1, -0.05) is 0 Å². The Hall–Kier alpha value is -2.90. The topological polar surface area (TPSA) is 100 Å². The molecule has 120 valence electrons. The molecule has 1 fully saturated rings. The molecule has 0 saturated carbocycles. The molecule has 2 aromatic rings. The number of carboxylic acid groups (broad SMARTS) is 1. The van der Waals surface area contributed by atoms with E-state index in [1.165, 1.54) is 11.2 Å². The SMILES string of the molecule is O=C(O)N1CCC(Oc2cc(Nc3cccnc3)ncn2)CC1. The fourth-order valence-electron chi connectivity index (χ4n) is 2.39. The number of aromatic nitrogens is 3. The van der Waals surface area contributed by atoms with Crippen molar-refractivity contribution in [2.24, 2.45) is 0 Å². The van der Waals surface area contributed by atoms with Gasteiger partial charge in [-0.3, -0.25) is 4.98 Å². The van der Waals surface area contributed by atoms with E-state index in [0.717, 1.165) is 5.69 Å². The molecule has 0 bridgehead atoms. The summed E-state index contributed by atoms with van der Waals surface area (Å²) >= 11 is 0. The summed E-state index contributed by atoms with van der Waals surface area (Å²) in [6, 6.07) is 5.44. The minimum absolute atomic E-state index is 0.0354. The summed E-state index contributed by atoms with van der Waals surface area (Å²) in [5.74, 6) is 1.09. The molecule has 0 unspecified atom stereocenters. The van der Waals surface area contributed by atoms with Gasteiger partial charge in [-0.25, -0.2) is 14.8 Å². The Labute approximate surface area is 133 Å². The fourth-order valence-corrected chi connectivity index (χ4v) is 2.39. The highest BCUT2D eigenvalue weighted by molar-refractivity contribution is 5.65. The van der Waals surface area contributed by atoms with Crippen molar-refractivity contribution in [1.29, 1.82) is 0 Å². The lowest BCUT2D eigenvalue weighted by Crippen LogP contribution is -2.41.